The third kappa shape index (κ3) is 3.22. The lowest BCUT2D eigenvalue weighted by Crippen LogP contribution is -2.27. The van der Waals surface area contributed by atoms with E-state index in [-0.39, 0.29) is 11.1 Å². The van der Waals surface area contributed by atoms with Crippen molar-refractivity contribution in [2.45, 2.75) is 25.9 Å². The highest BCUT2D eigenvalue weighted by Crippen LogP contribution is 2.38. The Balaban J connectivity index is 1.97. The molecule has 29 heavy (non-hydrogen) atoms. The van der Waals surface area contributed by atoms with Crippen molar-refractivity contribution < 1.29 is 13.2 Å². The first-order chi connectivity index (χ1) is 13.7. The summed E-state index contributed by atoms with van der Waals surface area (Å²) >= 11 is 1.35. The first-order valence-electron chi connectivity index (χ1n) is 9.00. The van der Waals surface area contributed by atoms with Crippen molar-refractivity contribution in [3.63, 3.8) is 0 Å². The highest BCUT2D eigenvalue weighted by atomic mass is 32.1. The van der Waals surface area contributed by atoms with Gasteiger partial charge in [0.1, 0.15) is 4.70 Å². The van der Waals surface area contributed by atoms with E-state index in [4.69, 9.17) is 5.73 Å². The fourth-order valence-electron chi connectivity index (χ4n) is 3.82. The number of alkyl halides is 3. The van der Waals surface area contributed by atoms with Crippen LogP contribution in [0, 0.1) is 13.8 Å². The number of nitrogens with one attached hydrogen (secondary N) is 1. The van der Waals surface area contributed by atoms with Crippen LogP contribution >= 0.6 is 11.3 Å². The molecule has 3 heterocycles. The van der Waals surface area contributed by atoms with Crippen LogP contribution in [0.5, 0.6) is 0 Å². The van der Waals surface area contributed by atoms with Crippen molar-refractivity contribution in [2.75, 3.05) is 6.54 Å². The molecule has 0 saturated carbocycles. The standard InChI is InChI=1S/C21H18F3N3OS/c1-10-16(13-5-3-12(4-6-13)15(9-25)21(22,23)24)17-14-7-8-29-19(14)20(28)27-18(17)11(2)26-10/h3-8,15H,9,25H2,1-2H3,(H,27,28)/t15-/m0/s1. The second-order valence-corrected chi connectivity index (χ2v) is 7.89. The summed E-state index contributed by atoms with van der Waals surface area (Å²) < 4.78 is 40.2. The van der Waals surface area contributed by atoms with Gasteiger partial charge < -0.3 is 10.7 Å². The number of nitrogens with two attached hydrogens (primary N) is 1. The van der Waals surface area contributed by atoms with E-state index in [2.05, 4.69) is 9.97 Å². The van der Waals surface area contributed by atoms with Crippen LogP contribution in [-0.4, -0.2) is 22.7 Å². The van der Waals surface area contributed by atoms with Gasteiger partial charge in [-0.25, -0.2) is 0 Å². The van der Waals surface area contributed by atoms with Crippen LogP contribution < -0.4 is 11.3 Å². The smallest absolute Gasteiger partial charge is 0.330 e. The number of thiophene rings is 1. The molecule has 0 aliphatic rings. The summed E-state index contributed by atoms with van der Waals surface area (Å²) in [6.45, 7) is 3.18. The van der Waals surface area contributed by atoms with Crippen molar-refractivity contribution in [1.29, 1.82) is 0 Å². The van der Waals surface area contributed by atoms with Gasteiger partial charge in [-0.2, -0.15) is 13.2 Å². The largest absolute Gasteiger partial charge is 0.396 e. The Morgan fingerprint density at radius 3 is 2.45 bits per heavy atom. The Hall–Kier alpha value is -2.71. The van der Waals surface area contributed by atoms with Crippen LogP contribution in [0.3, 0.4) is 0 Å². The van der Waals surface area contributed by atoms with Gasteiger partial charge in [-0.05, 0) is 36.4 Å². The number of aromatic amines is 1. The molecular formula is C21H18F3N3OS. The van der Waals surface area contributed by atoms with Gasteiger partial charge in [0.05, 0.1) is 17.1 Å². The zero-order valence-corrected chi connectivity index (χ0v) is 16.5. The Kier molecular flexibility index (Phi) is 4.71. The highest BCUT2D eigenvalue weighted by Gasteiger charge is 2.39. The average Bonchev–Trinajstić information content (AvgIpc) is 3.14. The zero-order valence-electron chi connectivity index (χ0n) is 15.7. The summed E-state index contributed by atoms with van der Waals surface area (Å²) in [6.07, 6.45) is -4.40. The number of halogens is 3. The SMILES string of the molecule is Cc1nc(C)c2[nH]c(=O)c3sccc3c2c1-c1ccc([C@H](CN)C(F)(F)F)cc1. The minimum Gasteiger partial charge on any atom is -0.330 e. The second kappa shape index (κ2) is 6.96. The van der Waals surface area contributed by atoms with E-state index < -0.39 is 18.6 Å². The molecule has 150 valence electrons. The molecule has 1 atom stereocenters. The lowest BCUT2D eigenvalue weighted by molar-refractivity contribution is -0.148. The van der Waals surface area contributed by atoms with Crippen molar-refractivity contribution in [2.24, 2.45) is 5.73 Å². The first kappa shape index (κ1) is 19.6. The number of rotatable bonds is 3. The summed E-state index contributed by atoms with van der Waals surface area (Å²) in [4.78, 5) is 19.9. The Morgan fingerprint density at radius 2 is 1.83 bits per heavy atom. The Bertz CT molecular complexity index is 1270. The van der Waals surface area contributed by atoms with Gasteiger partial charge in [0.2, 0.25) is 0 Å². The molecule has 0 spiro atoms. The van der Waals surface area contributed by atoms with E-state index in [0.29, 0.717) is 15.9 Å². The second-order valence-electron chi connectivity index (χ2n) is 6.98. The zero-order chi connectivity index (χ0) is 20.9. The maximum Gasteiger partial charge on any atom is 0.396 e. The van der Waals surface area contributed by atoms with Crippen molar-refractivity contribution in [3.05, 3.63) is 63.0 Å². The fraction of sp³-hybridized carbons (Fsp3) is 0.238. The van der Waals surface area contributed by atoms with Crippen LogP contribution in [0.2, 0.25) is 0 Å². The van der Waals surface area contributed by atoms with Gasteiger partial charge in [0, 0.05) is 28.6 Å². The van der Waals surface area contributed by atoms with E-state index in [0.717, 1.165) is 27.6 Å². The number of aryl methyl sites for hydroxylation is 2. The van der Waals surface area contributed by atoms with Crippen LogP contribution in [0.15, 0.2) is 40.5 Å². The molecule has 1 aromatic carbocycles. The lowest BCUT2D eigenvalue weighted by Gasteiger charge is -2.19. The lowest BCUT2D eigenvalue weighted by atomic mass is 9.93. The number of hydrogen-bond donors (Lipinski definition) is 2. The van der Waals surface area contributed by atoms with Gasteiger partial charge in [0.15, 0.2) is 0 Å². The number of H-pyrrole nitrogens is 1. The Morgan fingerprint density at radius 1 is 1.14 bits per heavy atom. The average molecular weight is 417 g/mol. The molecule has 0 unspecified atom stereocenters. The fourth-order valence-corrected chi connectivity index (χ4v) is 4.61. The molecule has 8 heteroatoms. The van der Waals surface area contributed by atoms with E-state index in [1.54, 1.807) is 12.1 Å². The quantitative estimate of drug-likeness (QED) is 0.491. The topological polar surface area (TPSA) is 71.8 Å². The van der Waals surface area contributed by atoms with E-state index in [1.807, 2.05) is 25.3 Å². The van der Waals surface area contributed by atoms with Gasteiger partial charge in [-0.15, -0.1) is 11.3 Å². The van der Waals surface area contributed by atoms with Gasteiger partial charge in [0.25, 0.3) is 5.56 Å². The monoisotopic (exact) mass is 417 g/mol. The van der Waals surface area contributed by atoms with Crippen molar-refractivity contribution >= 4 is 32.3 Å². The third-order valence-corrected chi connectivity index (χ3v) is 6.08. The van der Waals surface area contributed by atoms with Crippen molar-refractivity contribution in [1.82, 2.24) is 9.97 Å². The summed E-state index contributed by atoms with van der Waals surface area (Å²) in [5.41, 5.74) is 8.93. The maximum atomic E-state index is 13.2. The molecule has 4 aromatic rings. The molecule has 0 aliphatic heterocycles. The van der Waals surface area contributed by atoms with E-state index >= 15 is 0 Å². The van der Waals surface area contributed by atoms with Crippen LogP contribution in [0.4, 0.5) is 13.2 Å². The number of hydrogen-bond acceptors (Lipinski definition) is 4. The van der Waals surface area contributed by atoms with E-state index in [1.165, 1.54) is 23.5 Å². The van der Waals surface area contributed by atoms with Crippen molar-refractivity contribution in [3.8, 4) is 11.1 Å². The minimum absolute atomic E-state index is 0.125. The molecule has 0 radical (unpaired) electrons. The molecule has 3 N–H and O–H groups in total. The van der Waals surface area contributed by atoms with E-state index in [9.17, 15) is 18.0 Å². The number of pyridine rings is 2. The number of fused-ring (bicyclic) bond motifs is 3. The number of aromatic nitrogens is 2. The summed E-state index contributed by atoms with van der Waals surface area (Å²) in [5, 5.41) is 3.52. The molecule has 0 bridgehead atoms. The highest BCUT2D eigenvalue weighted by molar-refractivity contribution is 7.17. The van der Waals surface area contributed by atoms with Gasteiger partial charge in [-0.1, -0.05) is 24.3 Å². The molecule has 4 nitrogen and oxygen atoms in total. The molecule has 3 aromatic heterocycles. The van der Waals surface area contributed by atoms with Crippen LogP contribution in [0.25, 0.3) is 32.1 Å². The molecule has 0 fully saturated rings. The number of nitrogens with zero attached hydrogens (tertiary/aromatic N) is 1. The molecule has 0 saturated heterocycles. The normalized spacial score (nSPS) is 13.3. The van der Waals surface area contributed by atoms with Crippen LogP contribution in [-0.2, 0) is 0 Å². The first-order valence-corrected chi connectivity index (χ1v) is 9.87. The predicted molar refractivity (Wildman–Crippen MR) is 111 cm³/mol. The molecular weight excluding hydrogens is 399 g/mol. The van der Waals surface area contributed by atoms with Gasteiger partial charge >= 0.3 is 6.18 Å². The maximum absolute atomic E-state index is 13.2. The summed E-state index contributed by atoms with van der Waals surface area (Å²) in [7, 11) is 0. The molecule has 0 amide bonds. The Labute approximate surface area is 168 Å². The van der Waals surface area contributed by atoms with Crippen LogP contribution in [0.1, 0.15) is 22.9 Å². The minimum atomic E-state index is -4.40. The summed E-state index contributed by atoms with van der Waals surface area (Å²) in [5.74, 6) is -1.70. The van der Waals surface area contributed by atoms with Gasteiger partial charge in [-0.3, -0.25) is 9.78 Å². The predicted octanol–water partition coefficient (Wildman–Crippen LogP) is 5.03. The molecule has 0 aliphatic carbocycles. The summed E-state index contributed by atoms with van der Waals surface area (Å²) in [6, 6.07) is 8.13. The number of benzene rings is 1. The molecule has 4 rings (SSSR count). The third-order valence-electron chi connectivity index (χ3n) is 5.17.